The molecular formula is C60H37B2N3OSe2. The number of fused-ring (bicyclic) bond motifs is 12. The molecule has 0 saturated carbocycles. The Kier molecular flexibility index (Phi) is 8.55. The van der Waals surface area contributed by atoms with Crippen molar-refractivity contribution in [2.75, 3.05) is 14.7 Å². The predicted octanol–water partition coefficient (Wildman–Crippen LogP) is 7.59. The van der Waals surface area contributed by atoms with E-state index in [0.29, 0.717) is 0 Å². The Bertz CT molecular complexity index is 3810. The minimum atomic E-state index is 0.0342. The van der Waals surface area contributed by atoms with E-state index in [1.54, 1.807) is 0 Å². The number of rotatable bonds is 5. The molecule has 0 radical (unpaired) electrons. The summed E-state index contributed by atoms with van der Waals surface area (Å²) in [6, 6.07) is 83.5. The van der Waals surface area contributed by atoms with E-state index in [2.05, 4.69) is 239 Å². The van der Waals surface area contributed by atoms with Crippen molar-refractivity contribution < 1.29 is 4.42 Å². The Morgan fingerprint density at radius 1 is 0.368 bits per heavy atom. The van der Waals surface area contributed by atoms with E-state index in [1.165, 1.54) is 78.8 Å². The Balaban J connectivity index is 1.07. The molecule has 8 heteroatoms. The number of anilines is 9. The normalized spacial score (nSPS) is 13.6. The third-order valence-corrected chi connectivity index (χ3v) is 19.1. The van der Waals surface area contributed by atoms with Gasteiger partial charge in [-0.05, 0) is 0 Å². The summed E-state index contributed by atoms with van der Waals surface area (Å²) in [5.41, 5.74) is 20.8. The molecule has 0 bridgehead atoms. The van der Waals surface area contributed by atoms with Gasteiger partial charge >= 0.3 is 411 Å². The molecule has 0 atom stereocenters. The molecular weight excluding hydrogens is 958 g/mol. The van der Waals surface area contributed by atoms with Crippen LogP contribution in [0.3, 0.4) is 0 Å². The van der Waals surface area contributed by atoms with Crippen LogP contribution in [-0.2, 0) is 0 Å². The van der Waals surface area contributed by atoms with Crippen LogP contribution in [-0.4, -0.2) is 43.3 Å². The van der Waals surface area contributed by atoms with Crippen molar-refractivity contribution in [2.24, 2.45) is 0 Å². The Morgan fingerprint density at radius 3 is 1.53 bits per heavy atom. The van der Waals surface area contributed by atoms with Crippen molar-refractivity contribution in [1.82, 2.24) is 0 Å². The van der Waals surface area contributed by atoms with Gasteiger partial charge in [0.25, 0.3) is 0 Å². The third kappa shape index (κ3) is 5.64. The number of benzene rings is 10. The van der Waals surface area contributed by atoms with Gasteiger partial charge < -0.3 is 0 Å². The summed E-state index contributed by atoms with van der Waals surface area (Å²) in [5.74, 6) is 0. The van der Waals surface area contributed by atoms with E-state index < -0.39 is 0 Å². The first-order valence-electron chi connectivity index (χ1n) is 23.2. The van der Waals surface area contributed by atoms with Crippen molar-refractivity contribution in [3.8, 4) is 0 Å². The molecule has 10 aromatic carbocycles. The Morgan fingerprint density at radius 2 is 0.882 bits per heavy atom. The minimum absolute atomic E-state index is 0.0342. The molecule has 68 heavy (non-hydrogen) atoms. The quantitative estimate of drug-likeness (QED) is 0.166. The van der Waals surface area contributed by atoms with Crippen LogP contribution < -0.4 is 65.3 Å². The second-order valence-corrected chi connectivity index (χ2v) is 22.5. The summed E-state index contributed by atoms with van der Waals surface area (Å²) < 4.78 is 12.5. The SMILES string of the molecule is c1ccc(N(c2ccccc2)c2cc3c4c(c2)N(c2ccccc2)c2cc5c(cc2B4c2ccccc2[Se]3)B2c3ccccc3[Se]c3cc4oc6ccccc6c4c(c32)N5c2ccccc2)cc1. The van der Waals surface area contributed by atoms with E-state index in [9.17, 15) is 0 Å². The standard InChI is InChI=1S/C60H37B2N3OSe2/c1-5-19-38(20-6-1)63(39-21-7-2-8-22-39)42-33-50-58-55(34-42)67-53-31-17-14-28-44(53)61(58)46-35-47-49(36-48(46)64(50)40-23-9-3-10-24-40)65(41-25-11-4-12-26-41)60-57-43-27-13-16-30-51(43)66-52(57)37-56-59(60)62(47)45-29-15-18-32-54(45)68-56/h1-37H. The van der Waals surface area contributed by atoms with Gasteiger partial charge in [-0.15, -0.1) is 0 Å². The zero-order valence-corrected chi connectivity index (χ0v) is 40.0. The Labute approximate surface area is 408 Å². The maximum atomic E-state index is 6.83. The molecule has 4 aliphatic rings. The van der Waals surface area contributed by atoms with Gasteiger partial charge in [-0.2, -0.15) is 0 Å². The van der Waals surface area contributed by atoms with Crippen LogP contribution in [0.2, 0.25) is 0 Å². The molecule has 1 aromatic heterocycles. The molecule has 0 unspecified atom stereocenters. The topological polar surface area (TPSA) is 22.9 Å². The Hall–Kier alpha value is -7.43. The van der Waals surface area contributed by atoms with Crippen molar-refractivity contribution in [1.29, 1.82) is 0 Å². The summed E-state index contributed by atoms with van der Waals surface area (Å²) in [5, 5.41) is 2.33. The zero-order valence-electron chi connectivity index (χ0n) is 36.6. The molecule has 15 rings (SSSR count). The monoisotopic (exact) mass is 997 g/mol. The second kappa shape index (κ2) is 15.0. The van der Waals surface area contributed by atoms with Gasteiger partial charge in [0, 0.05) is 0 Å². The predicted molar refractivity (Wildman–Crippen MR) is 290 cm³/mol. The van der Waals surface area contributed by atoms with Crippen LogP contribution in [0.1, 0.15) is 0 Å². The van der Waals surface area contributed by atoms with Crippen LogP contribution in [0.15, 0.2) is 229 Å². The molecule has 316 valence electrons. The zero-order chi connectivity index (χ0) is 44.5. The molecule has 0 amide bonds. The number of nitrogens with zero attached hydrogens (tertiary/aromatic N) is 3. The van der Waals surface area contributed by atoms with E-state index in [-0.39, 0.29) is 43.3 Å². The van der Waals surface area contributed by atoms with Gasteiger partial charge in [-0.3, -0.25) is 0 Å². The van der Waals surface area contributed by atoms with Crippen molar-refractivity contribution >= 4 is 167 Å². The van der Waals surface area contributed by atoms with E-state index in [0.717, 1.165) is 45.0 Å². The number of para-hydroxylation sites is 5. The average molecular weight is 996 g/mol. The van der Waals surface area contributed by atoms with Gasteiger partial charge in [0.05, 0.1) is 0 Å². The van der Waals surface area contributed by atoms with Crippen LogP contribution in [0, 0.1) is 0 Å². The molecule has 0 saturated heterocycles. The average Bonchev–Trinajstić information content (AvgIpc) is 3.77. The first-order valence-corrected chi connectivity index (χ1v) is 26.7. The molecule has 11 aromatic rings. The molecule has 4 nitrogen and oxygen atoms in total. The van der Waals surface area contributed by atoms with E-state index >= 15 is 0 Å². The van der Waals surface area contributed by atoms with Crippen LogP contribution >= 0.6 is 0 Å². The van der Waals surface area contributed by atoms with E-state index in [4.69, 9.17) is 4.42 Å². The van der Waals surface area contributed by atoms with Gasteiger partial charge in [-0.25, -0.2) is 0 Å². The maximum absolute atomic E-state index is 6.83. The summed E-state index contributed by atoms with van der Waals surface area (Å²) in [4.78, 5) is 7.61. The second-order valence-electron chi connectivity index (χ2n) is 17.9. The molecule has 0 aliphatic carbocycles. The summed E-state index contributed by atoms with van der Waals surface area (Å²) >= 11 is 0.160. The summed E-state index contributed by atoms with van der Waals surface area (Å²) in [7, 11) is 0. The van der Waals surface area contributed by atoms with Crippen LogP contribution in [0.4, 0.5) is 51.2 Å². The molecule has 5 heterocycles. The van der Waals surface area contributed by atoms with Crippen LogP contribution in [0.5, 0.6) is 0 Å². The first kappa shape index (κ1) is 38.7. The summed E-state index contributed by atoms with van der Waals surface area (Å²) in [6.45, 7) is 0.0735. The van der Waals surface area contributed by atoms with Gasteiger partial charge in [0.1, 0.15) is 0 Å². The van der Waals surface area contributed by atoms with Gasteiger partial charge in [0.2, 0.25) is 0 Å². The fourth-order valence-electron chi connectivity index (χ4n) is 11.6. The first-order chi connectivity index (χ1) is 33.7. The molecule has 0 fully saturated rings. The molecule has 0 N–H and O–H groups in total. The van der Waals surface area contributed by atoms with E-state index in [1.807, 2.05) is 0 Å². The van der Waals surface area contributed by atoms with Gasteiger partial charge in [0.15, 0.2) is 0 Å². The number of hydrogen-bond donors (Lipinski definition) is 0. The summed E-state index contributed by atoms with van der Waals surface area (Å²) in [6.07, 6.45) is 0. The third-order valence-electron chi connectivity index (χ3n) is 14.3. The van der Waals surface area contributed by atoms with Crippen LogP contribution in [0.25, 0.3) is 21.9 Å². The number of furan rings is 1. The van der Waals surface area contributed by atoms with Gasteiger partial charge in [-0.1, -0.05) is 0 Å². The van der Waals surface area contributed by atoms with Crippen molar-refractivity contribution in [2.45, 2.75) is 0 Å². The fourth-order valence-corrected chi connectivity index (χ4v) is 16.6. The van der Waals surface area contributed by atoms with Crippen molar-refractivity contribution in [3.63, 3.8) is 0 Å². The molecule has 4 aliphatic heterocycles. The van der Waals surface area contributed by atoms with Crippen molar-refractivity contribution in [3.05, 3.63) is 224 Å². The number of hydrogen-bond acceptors (Lipinski definition) is 4. The molecule has 0 spiro atoms. The fraction of sp³-hybridized carbons (Fsp3) is 0.